The molecule has 0 heterocycles. The van der Waals surface area contributed by atoms with E-state index in [1.807, 2.05) is 6.08 Å². The summed E-state index contributed by atoms with van der Waals surface area (Å²) < 4.78 is 0. The summed E-state index contributed by atoms with van der Waals surface area (Å²) in [6.45, 7) is 4.61. The Bertz CT molecular complexity index is 188. The monoisotopic (exact) mass is 228 g/mol. The molecule has 0 aromatic heterocycles. The van der Waals surface area contributed by atoms with Crippen molar-refractivity contribution >= 4 is 5.97 Å². The maximum Gasteiger partial charge on any atom is 0.342 e. The van der Waals surface area contributed by atoms with Crippen LogP contribution in [0.5, 0.6) is 0 Å². The van der Waals surface area contributed by atoms with Crippen molar-refractivity contribution in [3.05, 3.63) is 12.2 Å². The molecule has 0 aliphatic heterocycles. The predicted octanol–water partition coefficient (Wildman–Crippen LogP) is 3.79. The van der Waals surface area contributed by atoms with Crippen LogP contribution in [0.15, 0.2) is 12.2 Å². The zero-order valence-corrected chi connectivity index (χ0v) is 10.5. The van der Waals surface area contributed by atoms with Gasteiger partial charge in [0, 0.05) is 6.42 Å². The Hall–Kier alpha value is -0.830. The van der Waals surface area contributed by atoms with Gasteiger partial charge in [0.15, 0.2) is 0 Å². The zero-order chi connectivity index (χ0) is 12.1. The van der Waals surface area contributed by atoms with Gasteiger partial charge in [0.25, 0.3) is 0 Å². The number of hydrogen-bond acceptors (Lipinski definition) is 3. The first-order chi connectivity index (χ1) is 7.81. The molecular weight excluding hydrogens is 204 g/mol. The molecule has 0 spiro atoms. The molecule has 0 saturated heterocycles. The highest BCUT2D eigenvalue weighted by molar-refractivity contribution is 5.68. The van der Waals surface area contributed by atoms with Gasteiger partial charge in [-0.25, -0.2) is 4.79 Å². The van der Waals surface area contributed by atoms with Gasteiger partial charge in [-0.3, -0.25) is 4.89 Å². The van der Waals surface area contributed by atoms with E-state index in [1.165, 1.54) is 12.8 Å². The molecule has 0 aromatic carbocycles. The lowest BCUT2D eigenvalue weighted by atomic mass is 10.2. The molecule has 0 amide bonds. The fourth-order valence-corrected chi connectivity index (χ4v) is 1.21. The maximum atomic E-state index is 11.1. The van der Waals surface area contributed by atoms with Crippen molar-refractivity contribution in [2.75, 3.05) is 6.61 Å². The predicted molar refractivity (Wildman–Crippen MR) is 64.9 cm³/mol. The summed E-state index contributed by atoms with van der Waals surface area (Å²) in [5, 5.41) is 0. The Balaban J connectivity index is 3.23. The van der Waals surface area contributed by atoms with Crippen molar-refractivity contribution in [3.8, 4) is 0 Å². The van der Waals surface area contributed by atoms with E-state index in [1.54, 1.807) is 0 Å². The molecule has 0 aliphatic rings. The van der Waals surface area contributed by atoms with E-state index in [4.69, 9.17) is 4.89 Å². The summed E-state index contributed by atoms with van der Waals surface area (Å²) in [7, 11) is 0. The number of hydrogen-bond donors (Lipinski definition) is 0. The van der Waals surface area contributed by atoms with Crippen LogP contribution in [0.2, 0.25) is 0 Å². The Morgan fingerprint density at radius 2 is 1.81 bits per heavy atom. The minimum atomic E-state index is -0.268. The quantitative estimate of drug-likeness (QED) is 0.247. The van der Waals surface area contributed by atoms with Crippen molar-refractivity contribution in [1.82, 2.24) is 0 Å². The largest absolute Gasteiger partial charge is 0.342 e. The number of rotatable bonds is 10. The molecule has 0 unspecified atom stereocenters. The molecule has 0 aromatic rings. The molecule has 0 saturated carbocycles. The number of carbonyl (C=O) groups is 1. The Morgan fingerprint density at radius 3 is 2.50 bits per heavy atom. The lowest BCUT2D eigenvalue weighted by molar-refractivity contribution is -0.265. The maximum absolute atomic E-state index is 11.1. The van der Waals surface area contributed by atoms with Gasteiger partial charge in [0.2, 0.25) is 0 Å². The standard InChI is InChI=1S/C13H24O3/c1-3-5-7-8-10-12-15-16-13(14)11-9-6-4-2/h8,10H,3-7,9,11-12H2,1-2H3/b10-8+. The van der Waals surface area contributed by atoms with Gasteiger partial charge in [0.1, 0.15) is 6.61 Å². The molecule has 0 rings (SSSR count). The number of allylic oxidation sites excluding steroid dienone is 1. The summed E-state index contributed by atoms with van der Waals surface area (Å²) in [4.78, 5) is 20.5. The molecule has 0 radical (unpaired) electrons. The third-order valence-electron chi connectivity index (χ3n) is 2.19. The van der Waals surface area contributed by atoms with E-state index in [-0.39, 0.29) is 5.97 Å². The normalized spacial score (nSPS) is 10.9. The Morgan fingerprint density at radius 1 is 1.06 bits per heavy atom. The van der Waals surface area contributed by atoms with E-state index in [0.29, 0.717) is 13.0 Å². The van der Waals surface area contributed by atoms with Crippen LogP contribution in [-0.2, 0) is 14.6 Å². The molecule has 0 fully saturated rings. The van der Waals surface area contributed by atoms with Crippen LogP contribution in [0.1, 0.15) is 58.8 Å². The first-order valence-corrected chi connectivity index (χ1v) is 6.28. The Kier molecular flexibility index (Phi) is 11.6. The van der Waals surface area contributed by atoms with E-state index >= 15 is 0 Å². The summed E-state index contributed by atoms with van der Waals surface area (Å²) in [5.41, 5.74) is 0. The molecule has 0 bridgehead atoms. The third-order valence-corrected chi connectivity index (χ3v) is 2.19. The van der Waals surface area contributed by atoms with Gasteiger partial charge in [-0.2, -0.15) is 4.89 Å². The minimum absolute atomic E-state index is 0.268. The van der Waals surface area contributed by atoms with Gasteiger partial charge in [-0.1, -0.05) is 51.7 Å². The molecule has 94 valence electrons. The lowest BCUT2D eigenvalue weighted by Gasteiger charge is -2.00. The smallest absolute Gasteiger partial charge is 0.298 e. The van der Waals surface area contributed by atoms with Crippen LogP contribution in [0.4, 0.5) is 0 Å². The number of unbranched alkanes of at least 4 members (excludes halogenated alkanes) is 4. The van der Waals surface area contributed by atoms with E-state index < -0.39 is 0 Å². The number of carbonyl (C=O) groups excluding carboxylic acids is 1. The van der Waals surface area contributed by atoms with Crippen molar-refractivity contribution < 1.29 is 14.6 Å². The molecule has 0 aliphatic carbocycles. The highest BCUT2D eigenvalue weighted by atomic mass is 17.2. The lowest BCUT2D eigenvalue weighted by Crippen LogP contribution is -2.05. The van der Waals surface area contributed by atoms with Crippen LogP contribution < -0.4 is 0 Å². The zero-order valence-electron chi connectivity index (χ0n) is 10.5. The van der Waals surface area contributed by atoms with E-state index in [9.17, 15) is 4.79 Å². The van der Waals surface area contributed by atoms with E-state index in [2.05, 4.69) is 24.8 Å². The van der Waals surface area contributed by atoms with Crippen molar-refractivity contribution in [3.63, 3.8) is 0 Å². The summed E-state index contributed by atoms with van der Waals surface area (Å²) in [5.74, 6) is -0.268. The van der Waals surface area contributed by atoms with Crippen LogP contribution in [-0.4, -0.2) is 12.6 Å². The average Bonchev–Trinajstić information content (AvgIpc) is 2.28. The second-order valence-corrected chi connectivity index (χ2v) is 3.81. The van der Waals surface area contributed by atoms with Crippen molar-refractivity contribution in [2.45, 2.75) is 58.8 Å². The molecule has 16 heavy (non-hydrogen) atoms. The topological polar surface area (TPSA) is 35.5 Å². The first-order valence-electron chi connectivity index (χ1n) is 6.28. The fraction of sp³-hybridized carbons (Fsp3) is 0.769. The Labute approximate surface area is 98.7 Å². The SMILES string of the molecule is CCCC/C=C/COOC(=O)CCCCC. The molecule has 3 heteroatoms. The van der Waals surface area contributed by atoms with Gasteiger partial charge in [0.05, 0.1) is 0 Å². The van der Waals surface area contributed by atoms with Crippen LogP contribution in [0.25, 0.3) is 0 Å². The van der Waals surface area contributed by atoms with Gasteiger partial charge in [-0.05, 0) is 12.8 Å². The first kappa shape index (κ1) is 15.2. The fourth-order valence-electron chi connectivity index (χ4n) is 1.21. The van der Waals surface area contributed by atoms with Crippen LogP contribution >= 0.6 is 0 Å². The molecule has 0 N–H and O–H groups in total. The summed E-state index contributed by atoms with van der Waals surface area (Å²) in [6.07, 6.45) is 10.9. The summed E-state index contributed by atoms with van der Waals surface area (Å²) >= 11 is 0. The third kappa shape index (κ3) is 11.2. The second kappa shape index (κ2) is 12.2. The van der Waals surface area contributed by atoms with Crippen LogP contribution in [0.3, 0.4) is 0 Å². The molecule has 3 nitrogen and oxygen atoms in total. The van der Waals surface area contributed by atoms with Crippen molar-refractivity contribution in [1.29, 1.82) is 0 Å². The molecule has 0 atom stereocenters. The average molecular weight is 228 g/mol. The minimum Gasteiger partial charge on any atom is -0.298 e. The van der Waals surface area contributed by atoms with Crippen LogP contribution in [0, 0.1) is 0 Å². The second-order valence-electron chi connectivity index (χ2n) is 3.81. The van der Waals surface area contributed by atoms with Crippen molar-refractivity contribution in [2.24, 2.45) is 0 Å². The highest BCUT2D eigenvalue weighted by Gasteiger charge is 2.01. The van der Waals surface area contributed by atoms with Gasteiger partial charge >= 0.3 is 5.97 Å². The molecular formula is C13H24O3. The van der Waals surface area contributed by atoms with Gasteiger partial charge in [-0.15, -0.1) is 0 Å². The van der Waals surface area contributed by atoms with E-state index in [0.717, 1.165) is 25.7 Å². The van der Waals surface area contributed by atoms with Gasteiger partial charge < -0.3 is 0 Å². The summed E-state index contributed by atoms with van der Waals surface area (Å²) in [6, 6.07) is 0. The highest BCUT2D eigenvalue weighted by Crippen LogP contribution is 2.01.